The van der Waals surface area contributed by atoms with Gasteiger partial charge in [0.1, 0.15) is 0 Å². The van der Waals surface area contributed by atoms with Crippen molar-refractivity contribution in [3.05, 3.63) is 22.7 Å². The molecule has 1 atom stereocenters. The van der Waals surface area contributed by atoms with Crippen LogP contribution >= 0.6 is 11.6 Å². The Morgan fingerprint density at radius 3 is 2.54 bits per heavy atom. The summed E-state index contributed by atoms with van der Waals surface area (Å²) < 4.78 is 16.6. The predicted octanol–water partition coefficient (Wildman–Crippen LogP) is 3.21. The van der Waals surface area contributed by atoms with E-state index >= 15 is 0 Å². The molecular weight excluding hydrogens is 380 g/mol. The van der Waals surface area contributed by atoms with E-state index in [9.17, 15) is 4.79 Å². The smallest absolute Gasteiger partial charge is 0.228 e. The van der Waals surface area contributed by atoms with E-state index in [0.29, 0.717) is 29.7 Å². The highest BCUT2D eigenvalue weighted by Crippen LogP contribution is 2.42. The Morgan fingerprint density at radius 2 is 1.93 bits per heavy atom. The van der Waals surface area contributed by atoms with Crippen molar-refractivity contribution in [3.8, 4) is 11.5 Å². The number of benzene rings is 1. The van der Waals surface area contributed by atoms with Gasteiger partial charge in [0.2, 0.25) is 5.91 Å². The number of carbonyl (C=O) groups is 1. The molecule has 0 radical (unpaired) electrons. The monoisotopic (exact) mass is 410 g/mol. The van der Waals surface area contributed by atoms with Crippen molar-refractivity contribution in [2.24, 2.45) is 5.41 Å². The topological polar surface area (TPSA) is 51.2 Å². The second-order valence-corrected chi connectivity index (χ2v) is 8.24. The first-order chi connectivity index (χ1) is 13.4. The number of halogens is 1. The second kappa shape index (κ2) is 8.89. The maximum absolute atomic E-state index is 12.9. The Kier molecular flexibility index (Phi) is 6.73. The minimum Gasteiger partial charge on any atom is -0.493 e. The summed E-state index contributed by atoms with van der Waals surface area (Å²) >= 11 is 6.50. The third-order valence-electron chi connectivity index (χ3n) is 6.07. The van der Waals surface area contributed by atoms with Crippen LogP contribution in [0.15, 0.2) is 12.1 Å². The molecule has 3 rings (SSSR count). The van der Waals surface area contributed by atoms with Crippen LogP contribution < -0.4 is 9.47 Å². The quantitative estimate of drug-likeness (QED) is 0.720. The van der Waals surface area contributed by atoms with Gasteiger partial charge in [-0.15, -0.1) is 0 Å². The fraction of sp³-hybridized carbons (Fsp3) is 0.667. The van der Waals surface area contributed by atoms with Crippen LogP contribution in [0.25, 0.3) is 0 Å². The first kappa shape index (κ1) is 21.2. The van der Waals surface area contributed by atoms with Gasteiger partial charge >= 0.3 is 0 Å². The largest absolute Gasteiger partial charge is 0.493 e. The summed E-state index contributed by atoms with van der Waals surface area (Å²) in [6.07, 6.45) is 2.64. The van der Waals surface area contributed by atoms with E-state index in [4.69, 9.17) is 25.8 Å². The van der Waals surface area contributed by atoms with Gasteiger partial charge in [0.05, 0.1) is 25.2 Å². The SMILES string of the molecule is CCOc1cc(Cl)c(CN2CCC3(CC2)CC(OC)CN(C)C3=O)cc1OC. The lowest BCUT2D eigenvalue weighted by molar-refractivity contribution is -0.156. The first-order valence-corrected chi connectivity index (χ1v) is 10.3. The normalized spacial score (nSPS) is 22.5. The summed E-state index contributed by atoms with van der Waals surface area (Å²) in [5, 5.41) is 0.678. The average molecular weight is 411 g/mol. The molecule has 2 aliphatic heterocycles. The van der Waals surface area contributed by atoms with Crippen LogP contribution in [0.1, 0.15) is 31.7 Å². The number of piperidine rings is 2. The summed E-state index contributed by atoms with van der Waals surface area (Å²) in [5.74, 6) is 1.63. The van der Waals surface area contributed by atoms with Crippen molar-refractivity contribution in [2.45, 2.75) is 38.8 Å². The zero-order chi connectivity index (χ0) is 20.3. The number of likely N-dealkylation sites (tertiary alicyclic amines) is 2. The number of hydrogen-bond acceptors (Lipinski definition) is 5. The third-order valence-corrected chi connectivity index (χ3v) is 6.42. The number of nitrogens with zero attached hydrogens (tertiary/aromatic N) is 2. The fourth-order valence-electron chi connectivity index (χ4n) is 4.46. The van der Waals surface area contributed by atoms with Crippen LogP contribution in [0, 0.1) is 5.41 Å². The van der Waals surface area contributed by atoms with Crippen molar-refractivity contribution in [3.63, 3.8) is 0 Å². The number of rotatable bonds is 6. The van der Waals surface area contributed by atoms with Crippen molar-refractivity contribution < 1.29 is 19.0 Å². The highest BCUT2D eigenvalue weighted by molar-refractivity contribution is 6.31. The van der Waals surface area contributed by atoms with Crippen LogP contribution in [0.4, 0.5) is 0 Å². The van der Waals surface area contributed by atoms with Crippen LogP contribution in [0.3, 0.4) is 0 Å². The average Bonchev–Trinajstić information content (AvgIpc) is 2.69. The van der Waals surface area contributed by atoms with Gasteiger partial charge in [-0.2, -0.15) is 0 Å². The van der Waals surface area contributed by atoms with Gasteiger partial charge in [-0.3, -0.25) is 9.69 Å². The van der Waals surface area contributed by atoms with Crippen LogP contribution in [-0.4, -0.2) is 69.3 Å². The van der Waals surface area contributed by atoms with Crippen LogP contribution in [0.5, 0.6) is 11.5 Å². The van der Waals surface area contributed by atoms with Crippen molar-refractivity contribution in [1.29, 1.82) is 0 Å². The molecule has 0 saturated carbocycles. The highest BCUT2D eigenvalue weighted by Gasteiger charge is 2.47. The van der Waals surface area contributed by atoms with Crippen LogP contribution in [-0.2, 0) is 16.1 Å². The number of likely N-dealkylation sites (N-methyl/N-ethyl adjacent to an activating group) is 1. The summed E-state index contributed by atoms with van der Waals surface area (Å²) in [7, 11) is 5.25. The molecule has 7 heteroatoms. The second-order valence-electron chi connectivity index (χ2n) is 7.83. The lowest BCUT2D eigenvalue weighted by Gasteiger charge is -2.47. The van der Waals surface area contributed by atoms with E-state index in [-0.39, 0.29) is 17.4 Å². The molecule has 6 nitrogen and oxygen atoms in total. The Bertz CT molecular complexity index is 704. The molecule has 1 aromatic carbocycles. The molecule has 2 heterocycles. The van der Waals surface area contributed by atoms with Gasteiger partial charge in [-0.05, 0) is 50.9 Å². The zero-order valence-corrected chi connectivity index (χ0v) is 18.1. The molecule has 1 amide bonds. The van der Waals surface area contributed by atoms with Crippen molar-refractivity contribution in [2.75, 3.05) is 47.5 Å². The minimum atomic E-state index is -0.287. The van der Waals surface area contributed by atoms with E-state index in [2.05, 4.69) is 4.90 Å². The molecule has 28 heavy (non-hydrogen) atoms. The van der Waals surface area contributed by atoms with E-state index in [0.717, 1.165) is 44.5 Å². The molecule has 1 aromatic rings. The minimum absolute atomic E-state index is 0.124. The number of hydrogen-bond donors (Lipinski definition) is 0. The molecule has 0 aliphatic carbocycles. The van der Waals surface area contributed by atoms with E-state index < -0.39 is 0 Å². The molecule has 1 spiro atoms. The highest BCUT2D eigenvalue weighted by atomic mass is 35.5. The Balaban J connectivity index is 1.68. The Labute approximate surface area is 172 Å². The Hall–Kier alpha value is -1.50. The van der Waals surface area contributed by atoms with E-state index in [1.54, 1.807) is 14.2 Å². The molecule has 2 fully saturated rings. The van der Waals surface area contributed by atoms with Crippen LogP contribution in [0.2, 0.25) is 5.02 Å². The first-order valence-electron chi connectivity index (χ1n) is 9.92. The van der Waals surface area contributed by atoms with E-state index in [1.165, 1.54) is 0 Å². The van der Waals surface area contributed by atoms with Crippen molar-refractivity contribution >= 4 is 17.5 Å². The summed E-state index contributed by atoms with van der Waals surface area (Å²) in [6, 6.07) is 3.78. The third kappa shape index (κ3) is 4.24. The maximum Gasteiger partial charge on any atom is 0.228 e. The van der Waals surface area contributed by atoms with Gasteiger partial charge in [0.25, 0.3) is 0 Å². The molecule has 1 unspecified atom stereocenters. The maximum atomic E-state index is 12.9. The molecule has 0 N–H and O–H groups in total. The standard InChI is InChI=1S/C21H31ClN2O4/c1-5-28-19-11-17(22)15(10-18(19)27-4)13-24-8-6-21(7-9-24)12-16(26-3)14-23(2)20(21)25/h10-11,16H,5-9,12-14H2,1-4H3. The molecule has 2 saturated heterocycles. The zero-order valence-electron chi connectivity index (χ0n) is 17.3. The molecule has 0 bridgehead atoms. The predicted molar refractivity (Wildman–Crippen MR) is 109 cm³/mol. The molecule has 156 valence electrons. The molecule has 2 aliphatic rings. The van der Waals surface area contributed by atoms with Gasteiger partial charge < -0.3 is 19.1 Å². The number of amides is 1. The van der Waals surface area contributed by atoms with Gasteiger partial charge in [0.15, 0.2) is 11.5 Å². The number of methoxy groups -OCH3 is 2. The van der Waals surface area contributed by atoms with Gasteiger partial charge in [0, 0.05) is 38.3 Å². The number of ether oxygens (including phenoxy) is 3. The van der Waals surface area contributed by atoms with E-state index in [1.807, 2.05) is 31.0 Å². The van der Waals surface area contributed by atoms with Gasteiger partial charge in [-0.1, -0.05) is 11.6 Å². The molecular formula is C21H31ClN2O4. The fourth-order valence-corrected chi connectivity index (χ4v) is 4.68. The summed E-state index contributed by atoms with van der Waals surface area (Å²) in [6.45, 7) is 5.63. The summed E-state index contributed by atoms with van der Waals surface area (Å²) in [4.78, 5) is 17.1. The van der Waals surface area contributed by atoms with Crippen molar-refractivity contribution in [1.82, 2.24) is 9.80 Å². The molecule has 0 aromatic heterocycles. The number of carbonyl (C=O) groups excluding carboxylic acids is 1. The Morgan fingerprint density at radius 1 is 1.21 bits per heavy atom. The summed E-state index contributed by atoms with van der Waals surface area (Å²) in [5.41, 5.74) is 0.726. The lowest BCUT2D eigenvalue weighted by atomic mass is 9.71. The van der Waals surface area contributed by atoms with Gasteiger partial charge in [-0.25, -0.2) is 0 Å². The lowest BCUT2D eigenvalue weighted by Crippen LogP contribution is -2.56.